The van der Waals surface area contributed by atoms with Gasteiger partial charge in [-0.15, -0.1) is 0 Å². The normalized spacial score (nSPS) is 24.8. The van der Waals surface area contributed by atoms with Gasteiger partial charge in [-0.25, -0.2) is 0 Å². The molecule has 0 aliphatic heterocycles. The van der Waals surface area contributed by atoms with E-state index in [1.807, 2.05) is 12.1 Å². The maximum absolute atomic E-state index is 9.37. The van der Waals surface area contributed by atoms with E-state index in [9.17, 15) is 5.11 Å². The average Bonchev–Trinajstić information content (AvgIpc) is 2.33. The summed E-state index contributed by atoms with van der Waals surface area (Å²) in [6.45, 7) is 0. The second-order valence-electron chi connectivity index (χ2n) is 4.18. The number of hydrogen-bond acceptors (Lipinski definition) is 3. The van der Waals surface area contributed by atoms with Crippen LogP contribution in [-0.2, 0) is 0 Å². The first kappa shape index (κ1) is 11.0. The van der Waals surface area contributed by atoms with Gasteiger partial charge in [0.25, 0.3) is 0 Å². The molecule has 1 aliphatic carbocycles. The van der Waals surface area contributed by atoms with E-state index < -0.39 is 0 Å². The molecule has 0 radical (unpaired) electrons. The number of aliphatic hydroxyl groups excluding tert-OH is 1. The van der Waals surface area contributed by atoms with E-state index >= 15 is 0 Å². The number of ether oxygens (including phenoxy) is 1. The minimum absolute atomic E-state index is 0.152. The van der Waals surface area contributed by atoms with Gasteiger partial charge in [0.15, 0.2) is 0 Å². The van der Waals surface area contributed by atoms with Crippen molar-refractivity contribution >= 4 is 0 Å². The molecule has 0 atom stereocenters. The van der Waals surface area contributed by atoms with Crippen molar-refractivity contribution in [1.82, 2.24) is 0 Å². The molecule has 3 heteroatoms. The highest BCUT2D eigenvalue weighted by molar-refractivity contribution is 5.34. The largest absolute Gasteiger partial charge is 0.490 e. The summed E-state index contributed by atoms with van der Waals surface area (Å²) in [6.07, 6.45) is 3.50. The van der Waals surface area contributed by atoms with Gasteiger partial charge in [-0.05, 0) is 49.9 Å². The molecule has 0 amide bonds. The smallest absolute Gasteiger partial charge is 0.119 e. The Labute approximate surface area is 95.3 Å². The first-order valence-corrected chi connectivity index (χ1v) is 5.63. The second kappa shape index (κ2) is 5.00. The van der Waals surface area contributed by atoms with Crippen LogP contribution in [0.1, 0.15) is 31.2 Å². The first-order chi connectivity index (χ1) is 7.78. The molecule has 16 heavy (non-hydrogen) atoms. The van der Waals surface area contributed by atoms with E-state index in [2.05, 4.69) is 6.07 Å². The summed E-state index contributed by atoms with van der Waals surface area (Å²) in [6, 6.07) is 9.23. The lowest BCUT2D eigenvalue weighted by molar-refractivity contribution is 0.0666. The molecule has 1 aromatic carbocycles. The standard InChI is InChI=1S/C13H15NO2/c14-9-10-1-5-12(6-2-10)16-13-7-3-11(15)4-8-13/h1-2,5-6,11,13,15H,3-4,7-8H2/t11-,13-. The lowest BCUT2D eigenvalue weighted by atomic mass is 9.95. The van der Waals surface area contributed by atoms with Crippen LogP contribution in [0, 0.1) is 11.3 Å². The van der Waals surface area contributed by atoms with E-state index in [1.165, 1.54) is 0 Å². The van der Waals surface area contributed by atoms with Gasteiger partial charge in [0.05, 0.1) is 23.8 Å². The summed E-state index contributed by atoms with van der Waals surface area (Å²) in [7, 11) is 0. The molecule has 0 saturated heterocycles. The fourth-order valence-corrected chi connectivity index (χ4v) is 1.96. The quantitative estimate of drug-likeness (QED) is 0.826. The van der Waals surface area contributed by atoms with E-state index in [0.29, 0.717) is 5.56 Å². The fraction of sp³-hybridized carbons (Fsp3) is 0.462. The third-order valence-corrected chi connectivity index (χ3v) is 2.93. The topological polar surface area (TPSA) is 53.2 Å². The van der Waals surface area contributed by atoms with Crippen molar-refractivity contribution in [2.75, 3.05) is 0 Å². The number of aliphatic hydroxyl groups is 1. The zero-order valence-electron chi connectivity index (χ0n) is 9.10. The predicted molar refractivity (Wildman–Crippen MR) is 60.0 cm³/mol. The van der Waals surface area contributed by atoms with Gasteiger partial charge in [-0.2, -0.15) is 5.26 Å². The van der Waals surface area contributed by atoms with Gasteiger partial charge >= 0.3 is 0 Å². The Morgan fingerprint density at radius 2 is 1.75 bits per heavy atom. The first-order valence-electron chi connectivity index (χ1n) is 5.63. The van der Waals surface area contributed by atoms with Crippen molar-refractivity contribution in [2.45, 2.75) is 37.9 Å². The Balaban J connectivity index is 1.91. The van der Waals surface area contributed by atoms with Gasteiger partial charge in [-0.1, -0.05) is 0 Å². The number of nitriles is 1. The fourth-order valence-electron chi connectivity index (χ4n) is 1.96. The summed E-state index contributed by atoms with van der Waals surface area (Å²) < 4.78 is 5.78. The summed E-state index contributed by atoms with van der Waals surface area (Å²) >= 11 is 0. The Morgan fingerprint density at radius 3 is 2.31 bits per heavy atom. The molecule has 84 valence electrons. The predicted octanol–water partition coefficient (Wildman–Crippen LogP) is 2.24. The highest BCUT2D eigenvalue weighted by atomic mass is 16.5. The third kappa shape index (κ3) is 2.74. The summed E-state index contributed by atoms with van der Waals surface area (Å²) in [5.41, 5.74) is 0.645. The van der Waals surface area contributed by atoms with Crippen LogP contribution in [-0.4, -0.2) is 17.3 Å². The van der Waals surface area contributed by atoms with Crippen molar-refractivity contribution < 1.29 is 9.84 Å². The van der Waals surface area contributed by atoms with Crippen LogP contribution >= 0.6 is 0 Å². The molecule has 1 N–H and O–H groups in total. The van der Waals surface area contributed by atoms with Crippen molar-refractivity contribution in [2.24, 2.45) is 0 Å². The molecule has 1 saturated carbocycles. The Morgan fingerprint density at radius 1 is 1.12 bits per heavy atom. The minimum atomic E-state index is -0.152. The van der Waals surface area contributed by atoms with Crippen LogP contribution in [0.3, 0.4) is 0 Å². The average molecular weight is 217 g/mol. The number of hydrogen-bond donors (Lipinski definition) is 1. The molecular formula is C13H15NO2. The Bertz CT molecular complexity index is 372. The summed E-state index contributed by atoms with van der Waals surface area (Å²) in [5.74, 6) is 0.806. The molecular weight excluding hydrogens is 202 g/mol. The van der Waals surface area contributed by atoms with Crippen molar-refractivity contribution in [1.29, 1.82) is 5.26 Å². The zero-order valence-corrected chi connectivity index (χ0v) is 9.10. The van der Waals surface area contributed by atoms with Crippen molar-refractivity contribution in [3.63, 3.8) is 0 Å². The van der Waals surface area contributed by atoms with E-state index in [4.69, 9.17) is 10.00 Å². The van der Waals surface area contributed by atoms with Crippen LogP contribution in [0.15, 0.2) is 24.3 Å². The van der Waals surface area contributed by atoms with Crippen molar-refractivity contribution in [3.05, 3.63) is 29.8 Å². The Hall–Kier alpha value is -1.53. The molecule has 1 fully saturated rings. The van der Waals surface area contributed by atoms with Crippen LogP contribution in [0.25, 0.3) is 0 Å². The monoisotopic (exact) mass is 217 g/mol. The van der Waals surface area contributed by atoms with Crippen LogP contribution in [0.4, 0.5) is 0 Å². The van der Waals surface area contributed by atoms with Gasteiger partial charge in [0, 0.05) is 0 Å². The lowest BCUT2D eigenvalue weighted by Gasteiger charge is -2.26. The lowest BCUT2D eigenvalue weighted by Crippen LogP contribution is -2.26. The highest BCUT2D eigenvalue weighted by Gasteiger charge is 2.20. The zero-order chi connectivity index (χ0) is 11.4. The molecule has 0 aromatic heterocycles. The molecule has 2 rings (SSSR count). The highest BCUT2D eigenvalue weighted by Crippen LogP contribution is 2.23. The minimum Gasteiger partial charge on any atom is -0.490 e. The molecule has 0 unspecified atom stereocenters. The van der Waals surface area contributed by atoms with Crippen molar-refractivity contribution in [3.8, 4) is 11.8 Å². The maximum atomic E-state index is 9.37. The maximum Gasteiger partial charge on any atom is 0.119 e. The number of benzene rings is 1. The number of nitrogens with zero attached hydrogens (tertiary/aromatic N) is 1. The van der Waals surface area contributed by atoms with E-state index in [0.717, 1.165) is 31.4 Å². The second-order valence-corrected chi connectivity index (χ2v) is 4.18. The van der Waals surface area contributed by atoms with E-state index in [1.54, 1.807) is 12.1 Å². The molecule has 0 heterocycles. The molecule has 1 aromatic rings. The van der Waals surface area contributed by atoms with Gasteiger partial charge < -0.3 is 9.84 Å². The van der Waals surface area contributed by atoms with Gasteiger partial charge in [0.1, 0.15) is 5.75 Å². The molecule has 1 aliphatic rings. The van der Waals surface area contributed by atoms with Gasteiger partial charge in [0.2, 0.25) is 0 Å². The Kier molecular flexibility index (Phi) is 3.43. The molecule has 0 spiro atoms. The van der Waals surface area contributed by atoms with Gasteiger partial charge in [-0.3, -0.25) is 0 Å². The molecule has 3 nitrogen and oxygen atoms in total. The third-order valence-electron chi connectivity index (χ3n) is 2.93. The SMILES string of the molecule is N#Cc1ccc(O[C@H]2CC[C@H](O)CC2)cc1. The summed E-state index contributed by atoms with van der Waals surface area (Å²) in [4.78, 5) is 0. The van der Waals surface area contributed by atoms with Crippen LogP contribution in [0.2, 0.25) is 0 Å². The van der Waals surface area contributed by atoms with E-state index in [-0.39, 0.29) is 12.2 Å². The van der Waals surface area contributed by atoms with Crippen LogP contribution < -0.4 is 4.74 Å². The van der Waals surface area contributed by atoms with Crippen LogP contribution in [0.5, 0.6) is 5.75 Å². The number of rotatable bonds is 2. The summed E-state index contributed by atoms with van der Waals surface area (Å²) in [5, 5.41) is 18.0. The molecule has 0 bridgehead atoms.